The zero-order chi connectivity index (χ0) is 11.8. The third-order valence-electron chi connectivity index (χ3n) is 2.25. The Kier molecular flexibility index (Phi) is 5.61. The Morgan fingerprint density at radius 2 is 2.06 bits per heavy atom. The highest BCUT2D eigenvalue weighted by atomic mass is 16.5. The molecular formula is C13H20N2O. The molecule has 88 valence electrons. The highest BCUT2D eigenvalue weighted by molar-refractivity contribution is 5.27. The number of benzene rings is 1. The summed E-state index contributed by atoms with van der Waals surface area (Å²) in [5, 5.41) is 0. The molecule has 0 heterocycles. The first-order chi connectivity index (χ1) is 7.76. The minimum atomic E-state index is 0.548. The molecule has 0 saturated carbocycles. The number of nitrogens with zero attached hydrogens (tertiary/aromatic N) is 1. The summed E-state index contributed by atoms with van der Waals surface area (Å²) >= 11 is 0. The number of hydrogen-bond acceptors (Lipinski definition) is 3. The summed E-state index contributed by atoms with van der Waals surface area (Å²) in [4.78, 5) is 2.19. The SMILES string of the molecule is C=CCOc1ccc(CN(C)CCN)cc1. The molecule has 0 bridgehead atoms. The van der Waals surface area contributed by atoms with E-state index in [1.54, 1.807) is 6.08 Å². The van der Waals surface area contributed by atoms with Crippen molar-refractivity contribution in [3.63, 3.8) is 0 Å². The zero-order valence-corrected chi connectivity index (χ0v) is 9.86. The molecule has 0 atom stereocenters. The molecule has 0 unspecified atom stereocenters. The quantitative estimate of drug-likeness (QED) is 0.710. The zero-order valence-electron chi connectivity index (χ0n) is 9.86. The van der Waals surface area contributed by atoms with Gasteiger partial charge >= 0.3 is 0 Å². The summed E-state index contributed by atoms with van der Waals surface area (Å²) in [5.74, 6) is 0.880. The molecule has 0 aliphatic rings. The van der Waals surface area contributed by atoms with Gasteiger partial charge in [0.2, 0.25) is 0 Å². The van der Waals surface area contributed by atoms with Crippen molar-refractivity contribution >= 4 is 0 Å². The summed E-state index contributed by atoms with van der Waals surface area (Å²) in [6.07, 6.45) is 1.74. The number of rotatable bonds is 7. The lowest BCUT2D eigenvalue weighted by molar-refractivity contribution is 0.335. The fourth-order valence-electron chi connectivity index (χ4n) is 1.46. The molecule has 1 rings (SSSR count). The van der Waals surface area contributed by atoms with Gasteiger partial charge < -0.3 is 15.4 Å². The van der Waals surface area contributed by atoms with Crippen LogP contribution in [0.3, 0.4) is 0 Å². The van der Waals surface area contributed by atoms with E-state index in [9.17, 15) is 0 Å². The number of likely N-dealkylation sites (N-methyl/N-ethyl adjacent to an activating group) is 1. The van der Waals surface area contributed by atoms with Crippen LogP contribution in [0.2, 0.25) is 0 Å². The van der Waals surface area contributed by atoms with Crippen LogP contribution in [0.4, 0.5) is 0 Å². The summed E-state index contributed by atoms with van der Waals surface area (Å²) in [7, 11) is 2.06. The van der Waals surface area contributed by atoms with Crippen molar-refractivity contribution < 1.29 is 4.74 Å². The molecule has 0 saturated heterocycles. The molecule has 0 aromatic heterocycles. The van der Waals surface area contributed by atoms with Gasteiger partial charge in [-0.25, -0.2) is 0 Å². The van der Waals surface area contributed by atoms with Crippen molar-refractivity contribution in [2.45, 2.75) is 6.54 Å². The van der Waals surface area contributed by atoms with Crippen LogP contribution in [0.25, 0.3) is 0 Å². The largest absolute Gasteiger partial charge is 0.490 e. The van der Waals surface area contributed by atoms with Crippen LogP contribution in [-0.2, 0) is 6.54 Å². The molecule has 0 aliphatic carbocycles. The second kappa shape index (κ2) is 7.04. The van der Waals surface area contributed by atoms with E-state index in [0.717, 1.165) is 18.8 Å². The van der Waals surface area contributed by atoms with Gasteiger partial charge in [0.15, 0.2) is 0 Å². The molecule has 0 aliphatic heterocycles. The Balaban J connectivity index is 2.47. The Morgan fingerprint density at radius 1 is 1.38 bits per heavy atom. The summed E-state index contributed by atoms with van der Waals surface area (Å²) in [5.41, 5.74) is 6.76. The smallest absolute Gasteiger partial charge is 0.119 e. The predicted molar refractivity (Wildman–Crippen MR) is 67.5 cm³/mol. The molecule has 0 fully saturated rings. The summed E-state index contributed by atoms with van der Waals surface area (Å²) < 4.78 is 5.41. The molecule has 0 amide bonds. The molecule has 0 spiro atoms. The van der Waals surface area contributed by atoms with Gasteiger partial charge in [0.05, 0.1) is 0 Å². The maximum atomic E-state index is 5.49. The van der Waals surface area contributed by atoms with Crippen LogP contribution in [0.5, 0.6) is 5.75 Å². The maximum absolute atomic E-state index is 5.49. The molecule has 16 heavy (non-hydrogen) atoms. The fraction of sp³-hybridized carbons (Fsp3) is 0.385. The summed E-state index contributed by atoms with van der Waals surface area (Å²) in [6.45, 7) is 6.68. The van der Waals surface area contributed by atoms with Gasteiger partial charge in [-0.05, 0) is 24.7 Å². The van der Waals surface area contributed by atoms with Gasteiger partial charge in [-0.2, -0.15) is 0 Å². The van der Waals surface area contributed by atoms with E-state index >= 15 is 0 Å². The molecule has 1 aromatic carbocycles. The second-order valence-corrected chi connectivity index (χ2v) is 3.77. The van der Waals surface area contributed by atoms with E-state index in [1.165, 1.54) is 5.56 Å². The number of ether oxygens (including phenoxy) is 1. The molecule has 3 heteroatoms. The monoisotopic (exact) mass is 220 g/mol. The van der Waals surface area contributed by atoms with E-state index in [-0.39, 0.29) is 0 Å². The first-order valence-electron chi connectivity index (χ1n) is 5.47. The second-order valence-electron chi connectivity index (χ2n) is 3.77. The maximum Gasteiger partial charge on any atom is 0.119 e. The molecule has 3 nitrogen and oxygen atoms in total. The topological polar surface area (TPSA) is 38.5 Å². The van der Waals surface area contributed by atoms with Crippen molar-refractivity contribution in [3.05, 3.63) is 42.5 Å². The predicted octanol–water partition coefficient (Wildman–Crippen LogP) is 1.64. The Bertz CT molecular complexity index is 308. The first kappa shape index (κ1) is 12.7. The van der Waals surface area contributed by atoms with Gasteiger partial charge in [0, 0.05) is 19.6 Å². The van der Waals surface area contributed by atoms with Crippen LogP contribution in [0.15, 0.2) is 36.9 Å². The van der Waals surface area contributed by atoms with Crippen LogP contribution >= 0.6 is 0 Å². The molecule has 2 N–H and O–H groups in total. The van der Waals surface area contributed by atoms with Crippen LogP contribution in [0, 0.1) is 0 Å². The Morgan fingerprint density at radius 3 is 2.62 bits per heavy atom. The van der Waals surface area contributed by atoms with Crippen LogP contribution in [0.1, 0.15) is 5.56 Å². The lowest BCUT2D eigenvalue weighted by atomic mass is 10.2. The van der Waals surface area contributed by atoms with E-state index in [2.05, 4.69) is 30.7 Å². The van der Waals surface area contributed by atoms with E-state index in [0.29, 0.717) is 13.2 Å². The van der Waals surface area contributed by atoms with Gasteiger partial charge in [0.1, 0.15) is 12.4 Å². The van der Waals surface area contributed by atoms with Crippen molar-refractivity contribution in [1.82, 2.24) is 4.90 Å². The Hall–Kier alpha value is -1.32. The van der Waals surface area contributed by atoms with Gasteiger partial charge in [-0.1, -0.05) is 24.8 Å². The third kappa shape index (κ3) is 4.47. The van der Waals surface area contributed by atoms with Crippen LogP contribution < -0.4 is 10.5 Å². The van der Waals surface area contributed by atoms with Gasteiger partial charge in [-0.15, -0.1) is 0 Å². The van der Waals surface area contributed by atoms with Gasteiger partial charge in [-0.3, -0.25) is 0 Å². The first-order valence-corrected chi connectivity index (χ1v) is 5.47. The van der Waals surface area contributed by atoms with E-state index in [1.807, 2.05) is 12.1 Å². The number of nitrogens with two attached hydrogens (primary N) is 1. The Labute approximate surface area is 97.5 Å². The summed E-state index contributed by atoms with van der Waals surface area (Å²) in [6, 6.07) is 8.11. The highest BCUT2D eigenvalue weighted by Gasteiger charge is 1.99. The van der Waals surface area contributed by atoms with E-state index < -0.39 is 0 Å². The minimum absolute atomic E-state index is 0.548. The van der Waals surface area contributed by atoms with Crippen molar-refractivity contribution in [1.29, 1.82) is 0 Å². The molecule has 0 radical (unpaired) electrons. The molecule has 1 aromatic rings. The molecular weight excluding hydrogens is 200 g/mol. The van der Waals surface area contributed by atoms with Crippen LogP contribution in [-0.4, -0.2) is 31.6 Å². The van der Waals surface area contributed by atoms with Crippen molar-refractivity contribution in [3.8, 4) is 5.75 Å². The lowest BCUT2D eigenvalue weighted by Crippen LogP contribution is -2.24. The van der Waals surface area contributed by atoms with Crippen molar-refractivity contribution in [2.24, 2.45) is 5.73 Å². The van der Waals surface area contributed by atoms with Gasteiger partial charge in [0.25, 0.3) is 0 Å². The fourth-order valence-corrected chi connectivity index (χ4v) is 1.46. The van der Waals surface area contributed by atoms with Crippen molar-refractivity contribution in [2.75, 3.05) is 26.7 Å². The number of hydrogen-bond donors (Lipinski definition) is 1. The van der Waals surface area contributed by atoms with E-state index in [4.69, 9.17) is 10.5 Å². The standard InChI is InChI=1S/C13H20N2O/c1-3-10-16-13-6-4-12(5-7-13)11-15(2)9-8-14/h3-7H,1,8-11,14H2,2H3. The lowest BCUT2D eigenvalue weighted by Gasteiger charge is -2.15. The minimum Gasteiger partial charge on any atom is -0.490 e. The average molecular weight is 220 g/mol. The third-order valence-corrected chi connectivity index (χ3v) is 2.25. The highest BCUT2D eigenvalue weighted by Crippen LogP contribution is 2.13. The normalized spacial score (nSPS) is 10.4. The average Bonchev–Trinajstić information content (AvgIpc) is 2.28.